The van der Waals surface area contributed by atoms with Crippen LogP contribution in [-0.4, -0.2) is 18.5 Å². The Kier molecular flexibility index (Phi) is 3.85. The smallest absolute Gasteiger partial charge is 0.223 e. The minimum Gasteiger partial charge on any atom is -0.356 e. The van der Waals surface area contributed by atoms with Gasteiger partial charge in [-0.1, -0.05) is 13.3 Å². The van der Waals surface area contributed by atoms with Crippen LogP contribution in [0.15, 0.2) is 0 Å². The number of carbonyl (C=O) groups is 1. The largest absolute Gasteiger partial charge is 0.356 e. The normalized spacial score (nSPS) is 32.1. The first kappa shape index (κ1) is 11.9. The summed E-state index contributed by atoms with van der Waals surface area (Å²) in [7, 11) is 0. The molecule has 0 aromatic rings. The summed E-state index contributed by atoms with van der Waals surface area (Å²) in [5.74, 6) is 1.74. The predicted molar refractivity (Wildman–Crippen MR) is 64.8 cm³/mol. The van der Waals surface area contributed by atoms with Crippen LogP contribution >= 0.6 is 0 Å². The van der Waals surface area contributed by atoms with Crippen LogP contribution in [0.2, 0.25) is 0 Å². The van der Waals surface area contributed by atoms with Gasteiger partial charge in [-0.15, -0.1) is 0 Å². The lowest BCUT2D eigenvalue weighted by Gasteiger charge is -2.27. The van der Waals surface area contributed by atoms with Gasteiger partial charge >= 0.3 is 0 Å². The summed E-state index contributed by atoms with van der Waals surface area (Å²) in [6.07, 6.45) is 7.17. The zero-order chi connectivity index (χ0) is 11.5. The molecule has 1 amide bonds. The standard InChI is InChI=1S/C13H24N2O/c1-9(11-5-6-11)13(16)15-8-10-3-2-4-12(14)7-10/h9-12H,2-8,14H2,1H3,(H,15,16). The molecule has 0 spiro atoms. The fourth-order valence-corrected chi connectivity index (χ4v) is 2.73. The van der Waals surface area contributed by atoms with Gasteiger partial charge in [0, 0.05) is 18.5 Å². The highest BCUT2D eigenvalue weighted by molar-refractivity contribution is 5.78. The molecular weight excluding hydrogens is 200 g/mol. The number of rotatable bonds is 4. The fourth-order valence-electron chi connectivity index (χ4n) is 2.73. The maximum atomic E-state index is 11.8. The van der Waals surface area contributed by atoms with Crippen molar-refractivity contribution in [1.29, 1.82) is 0 Å². The van der Waals surface area contributed by atoms with Crippen molar-refractivity contribution >= 4 is 5.91 Å². The van der Waals surface area contributed by atoms with Gasteiger partial charge in [0.2, 0.25) is 5.91 Å². The lowest BCUT2D eigenvalue weighted by atomic mass is 9.86. The number of hydrogen-bond donors (Lipinski definition) is 2. The molecule has 0 heterocycles. The average Bonchev–Trinajstić information content (AvgIpc) is 3.09. The van der Waals surface area contributed by atoms with Crippen molar-refractivity contribution in [1.82, 2.24) is 5.32 Å². The molecule has 0 aromatic heterocycles. The van der Waals surface area contributed by atoms with Crippen molar-refractivity contribution in [2.75, 3.05) is 6.54 Å². The van der Waals surface area contributed by atoms with E-state index in [4.69, 9.17) is 5.73 Å². The molecule has 2 saturated carbocycles. The van der Waals surface area contributed by atoms with Crippen molar-refractivity contribution < 1.29 is 4.79 Å². The van der Waals surface area contributed by atoms with Crippen LogP contribution in [0.4, 0.5) is 0 Å². The van der Waals surface area contributed by atoms with Gasteiger partial charge in [0.1, 0.15) is 0 Å². The Bertz CT molecular complexity index is 250. The van der Waals surface area contributed by atoms with Gasteiger partial charge < -0.3 is 11.1 Å². The molecule has 3 heteroatoms. The SMILES string of the molecule is CC(C(=O)NCC1CCCC(N)C1)C1CC1. The molecular formula is C13H24N2O. The van der Waals surface area contributed by atoms with Crippen LogP contribution in [0.1, 0.15) is 45.4 Å². The molecule has 2 rings (SSSR count). The summed E-state index contributed by atoms with van der Waals surface area (Å²) in [5.41, 5.74) is 5.94. The first-order valence-corrected chi connectivity index (χ1v) is 6.70. The fraction of sp³-hybridized carbons (Fsp3) is 0.923. The molecule has 0 radical (unpaired) electrons. The number of nitrogens with one attached hydrogen (secondary N) is 1. The van der Waals surface area contributed by atoms with E-state index in [1.165, 1.54) is 25.7 Å². The molecule has 3 N–H and O–H groups in total. The van der Waals surface area contributed by atoms with Gasteiger partial charge in [-0.05, 0) is 43.9 Å². The van der Waals surface area contributed by atoms with E-state index in [9.17, 15) is 4.79 Å². The second-order valence-electron chi connectivity index (χ2n) is 5.66. The highest BCUT2D eigenvalue weighted by atomic mass is 16.1. The Labute approximate surface area is 98.2 Å². The third-order valence-corrected chi connectivity index (χ3v) is 4.13. The van der Waals surface area contributed by atoms with Crippen LogP contribution in [0.25, 0.3) is 0 Å². The lowest BCUT2D eigenvalue weighted by Crippen LogP contribution is -2.38. The van der Waals surface area contributed by atoms with Crippen molar-refractivity contribution in [3.05, 3.63) is 0 Å². The molecule has 3 atom stereocenters. The first-order valence-electron chi connectivity index (χ1n) is 6.70. The van der Waals surface area contributed by atoms with E-state index >= 15 is 0 Å². The monoisotopic (exact) mass is 224 g/mol. The molecule has 16 heavy (non-hydrogen) atoms. The van der Waals surface area contributed by atoms with Gasteiger partial charge in [-0.25, -0.2) is 0 Å². The molecule has 2 aliphatic rings. The van der Waals surface area contributed by atoms with E-state index in [0.717, 1.165) is 19.4 Å². The predicted octanol–water partition coefficient (Wildman–Crippen LogP) is 1.67. The van der Waals surface area contributed by atoms with Crippen LogP contribution in [0.3, 0.4) is 0 Å². The second kappa shape index (κ2) is 5.17. The van der Waals surface area contributed by atoms with E-state index in [2.05, 4.69) is 12.2 Å². The number of amides is 1. The highest BCUT2D eigenvalue weighted by Gasteiger charge is 2.32. The quantitative estimate of drug-likeness (QED) is 0.763. The lowest BCUT2D eigenvalue weighted by molar-refractivity contribution is -0.125. The summed E-state index contributed by atoms with van der Waals surface area (Å²) < 4.78 is 0. The number of nitrogens with two attached hydrogens (primary N) is 1. The Morgan fingerprint density at radius 1 is 1.38 bits per heavy atom. The molecule has 2 fully saturated rings. The molecule has 0 aliphatic heterocycles. The molecule has 2 aliphatic carbocycles. The van der Waals surface area contributed by atoms with E-state index < -0.39 is 0 Å². The van der Waals surface area contributed by atoms with E-state index in [1.54, 1.807) is 0 Å². The van der Waals surface area contributed by atoms with E-state index in [0.29, 0.717) is 17.9 Å². The topological polar surface area (TPSA) is 55.1 Å². The van der Waals surface area contributed by atoms with E-state index in [1.807, 2.05) is 0 Å². The summed E-state index contributed by atoms with van der Waals surface area (Å²) >= 11 is 0. The van der Waals surface area contributed by atoms with Crippen molar-refractivity contribution in [3.63, 3.8) is 0 Å². The second-order valence-corrected chi connectivity index (χ2v) is 5.66. The van der Waals surface area contributed by atoms with Crippen LogP contribution in [0, 0.1) is 17.8 Å². The summed E-state index contributed by atoms with van der Waals surface area (Å²) in [4.78, 5) is 11.8. The van der Waals surface area contributed by atoms with Crippen molar-refractivity contribution in [3.8, 4) is 0 Å². The highest BCUT2D eigenvalue weighted by Crippen LogP contribution is 2.36. The van der Waals surface area contributed by atoms with Crippen LogP contribution in [0.5, 0.6) is 0 Å². The molecule has 0 saturated heterocycles. The number of hydrogen-bond acceptors (Lipinski definition) is 2. The van der Waals surface area contributed by atoms with Gasteiger partial charge in [-0.2, -0.15) is 0 Å². The zero-order valence-electron chi connectivity index (χ0n) is 10.2. The maximum absolute atomic E-state index is 11.8. The molecule has 3 nitrogen and oxygen atoms in total. The van der Waals surface area contributed by atoms with Crippen molar-refractivity contribution in [2.24, 2.45) is 23.5 Å². The maximum Gasteiger partial charge on any atom is 0.223 e. The minimum atomic E-state index is 0.220. The summed E-state index contributed by atoms with van der Waals surface area (Å²) in [5, 5.41) is 3.10. The molecule has 0 aromatic carbocycles. The summed E-state index contributed by atoms with van der Waals surface area (Å²) in [6, 6.07) is 0.358. The van der Waals surface area contributed by atoms with Gasteiger partial charge in [0.05, 0.1) is 0 Å². The Balaban J connectivity index is 1.67. The zero-order valence-corrected chi connectivity index (χ0v) is 10.2. The van der Waals surface area contributed by atoms with Gasteiger partial charge in [0.25, 0.3) is 0 Å². The van der Waals surface area contributed by atoms with Crippen LogP contribution < -0.4 is 11.1 Å². The number of carbonyl (C=O) groups excluding carboxylic acids is 1. The van der Waals surface area contributed by atoms with Gasteiger partial charge in [-0.3, -0.25) is 4.79 Å². The average molecular weight is 224 g/mol. The van der Waals surface area contributed by atoms with Gasteiger partial charge in [0.15, 0.2) is 0 Å². The Morgan fingerprint density at radius 2 is 2.12 bits per heavy atom. The Morgan fingerprint density at radius 3 is 2.75 bits per heavy atom. The van der Waals surface area contributed by atoms with E-state index in [-0.39, 0.29) is 11.8 Å². The molecule has 92 valence electrons. The Hall–Kier alpha value is -0.570. The van der Waals surface area contributed by atoms with Crippen LogP contribution in [-0.2, 0) is 4.79 Å². The van der Waals surface area contributed by atoms with Crippen molar-refractivity contribution in [2.45, 2.75) is 51.5 Å². The first-order chi connectivity index (χ1) is 7.66. The molecule has 3 unspecified atom stereocenters. The third kappa shape index (κ3) is 3.21. The molecule has 0 bridgehead atoms. The minimum absolute atomic E-state index is 0.220. The third-order valence-electron chi connectivity index (χ3n) is 4.13. The summed E-state index contributed by atoms with van der Waals surface area (Å²) in [6.45, 7) is 2.89.